The fraction of sp³-hybridized carbons (Fsp3) is 0.682. The molecule has 3 fully saturated rings. The van der Waals surface area contributed by atoms with Crippen LogP contribution >= 0.6 is 0 Å². The lowest BCUT2D eigenvalue weighted by molar-refractivity contribution is -0.163. The standard InChI is InChI=1S/C22H31NO3/c1-15-10-17(4-5-19(15)26-3)16-6-8-22(9-7-16)13-23(14-22)20(24)18-11-21(2,25)12-18/h4-5,10,16,18,25H,6-9,11-14H2,1-3H3/t18-,21+. The lowest BCUT2D eigenvalue weighted by Gasteiger charge is -2.55. The molecule has 1 spiro atoms. The van der Waals surface area contributed by atoms with E-state index in [2.05, 4.69) is 25.1 Å². The number of amides is 1. The van der Waals surface area contributed by atoms with Crippen LogP contribution in [0, 0.1) is 18.3 Å². The van der Waals surface area contributed by atoms with Gasteiger partial charge in [-0.1, -0.05) is 12.1 Å². The van der Waals surface area contributed by atoms with Crippen LogP contribution in [-0.4, -0.2) is 41.7 Å². The van der Waals surface area contributed by atoms with E-state index in [4.69, 9.17) is 4.74 Å². The van der Waals surface area contributed by atoms with Gasteiger partial charge < -0.3 is 14.7 Å². The number of nitrogens with zero attached hydrogens (tertiary/aromatic N) is 1. The molecule has 2 saturated carbocycles. The second kappa shape index (κ2) is 6.26. The summed E-state index contributed by atoms with van der Waals surface area (Å²) in [4.78, 5) is 14.5. The van der Waals surface area contributed by atoms with E-state index in [9.17, 15) is 9.90 Å². The molecule has 1 aliphatic heterocycles. The number of carbonyl (C=O) groups is 1. The molecule has 26 heavy (non-hydrogen) atoms. The molecule has 0 aromatic heterocycles. The first-order valence-electron chi connectivity index (χ1n) is 9.97. The maximum Gasteiger partial charge on any atom is 0.225 e. The maximum atomic E-state index is 12.5. The minimum absolute atomic E-state index is 0.0564. The highest BCUT2D eigenvalue weighted by molar-refractivity contribution is 5.81. The Balaban J connectivity index is 1.30. The molecule has 1 N–H and O–H groups in total. The second-order valence-electron chi connectivity index (χ2n) is 9.30. The van der Waals surface area contributed by atoms with Crippen LogP contribution in [0.1, 0.15) is 62.5 Å². The normalized spacial score (nSPS) is 30.6. The summed E-state index contributed by atoms with van der Waals surface area (Å²) in [5.74, 6) is 1.93. The number of methoxy groups -OCH3 is 1. The number of benzene rings is 1. The maximum absolute atomic E-state index is 12.5. The number of likely N-dealkylation sites (tertiary alicyclic amines) is 1. The highest BCUT2D eigenvalue weighted by Crippen LogP contribution is 2.50. The van der Waals surface area contributed by atoms with Gasteiger partial charge in [0.15, 0.2) is 0 Å². The van der Waals surface area contributed by atoms with E-state index in [1.54, 1.807) is 7.11 Å². The van der Waals surface area contributed by atoms with Gasteiger partial charge in [0, 0.05) is 24.4 Å². The molecule has 0 atom stereocenters. The van der Waals surface area contributed by atoms with Gasteiger partial charge in [0.2, 0.25) is 5.91 Å². The summed E-state index contributed by atoms with van der Waals surface area (Å²) in [6.07, 6.45) is 6.13. The molecule has 142 valence electrons. The molecular weight excluding hydrogens is 326 g/mol. The second-order valence-corrected chi connectivity index (χ2v) is 9.30. The largest absolute Gasteiger partial charge is 0.496 e. The molecule has 4 heteroatoms. The summed E-state index contributed by atoms with van der Waals surface area (Å²) in [5, 5.41) is 9.86. The van der Waals surface area contributed by atoms with Crippen molar-refractivity contribution in [3.8, 4) is 5.75 Å². The molecule has 1 aromatic rings. The van der Waals surface area contributed by atoms with E-state index in [0.717, 1.165) is 18.8 Å². The Hall–Kier alpha value is -1.55. The zero-order valence-electron chi connectivity index (χ0n) is 16.3. The average Bonchev–Trinajstić information content (AvgIpc) is 2.57. The molecule has 4 rings (SSSR count). The number of rotatable bonds is 3. The van der Waals surface area contributed by atoms with Crippen LogP contribution in [0.15, 0.2) is 18.2 Å². The number of ether oxygens (including phenoxy) is 1. The van der Waals surface area contributed by atoms with Gasteiger partial charge in [-0.05, 0) is 75.5 Å². The SMILES string of the molecule is COc1ccc(C2CCC3(CC2)CN(C(=O)[C@H]2C[C@@](C)(O)C2)C3)cc1C. The third-order valence-electron chi connectivity index (χ3n) is 7.02. The van der Waals surface area contributed by atoms with Crippen molar-refractivity contribution >= 4 is 5.91 Å². The Kier molecular flexibility index (Phi) is 4.30. The first-order chi connectivity index (χ1) is 12.3. The molecule has 2 aliphatic carbocycles. The topological polar surface area (TPSA) is 49.8 Å². The first-order valence-corrected chi connectivity index (χ1v) is 9.97. The molecule has 0 bridgehead atoms. The van der Waals surface area contributed by atoms with Crippen molar-refractivity contribution in [3.63, 3.8) is 0 Å². The predicted octanol–water partition coefficient (Wildman–Crippen LogP) is 3.65. The third-order valence-corrected chi connectivity index (χ3v) is 7.02. The fourth-order valence-electron chi connectivity index (χ4n) is 5.39. The van der Waals surface area contributed by atoms with E-state index in [-0.39, 0.29) is 11.8 Å². The molecule has 0 unspecified atom stereocenters. The smallest absolute Gasteiger partial charge is 0.225 e. The van der Waals surface area contributed by atoms with Gasteiger partial charge in [-0.25, -0.2) is 0 Å². The van der Waals surface area contributed by atoms with Crippen LogP contribution in [0.5, 0.6) is 5.75 Å². The van der Waals surface area contributed by atoms with Crippen molar-refractivity contribution in [2.24, 2.45) is 11.3 Å². The Morgan fingerprint density at radius 1 is 1.23 bits per heavy atom. The summed E-state index contributed by atoms with van der Waals surface area (Å²) < 4.78 is 5.37. The Morgan fingerprint density at radius 3 is 2.42 bits per heavy atom. The molecule has 0 radical (unpaired) electrons. The van der Waals surface area contributed by atoms with Gasteiger partial charge in [-0.15, -0.1) is 0 Å². The monoisotopic (exact) mass is 357 g/mol. The molecule has 4 nitrogen and oxygen atoms in total. The Bertz CT molecular complexity index is 687. The van der Waals surface area contributed by atoms with Crippen molar-refractivity contribution in [1.82, 2.24) is 4.90 Å². The number of hydrogen-bond acceptors (Lipinski definition) is 3. The molecule has 1 heterocycles. The van der Waals surface area contributed by atoms with E-state index in [1.165, 1.54) is 36.8 Å². The van der Waals surface area contributed by atoms with E-state index < -0.39 is 5.60 Å². The number of aliphatic hydroxyl groups is 1. The summed E-state index contributed by atoms with van der Waals surface area (Å²) in [7, 11) is 1.72. The highest BCUT2D eigenvalue weighted by Gasteiger charge is 2.51. The lowest BCUT2D eigenvalue weighted by Crippen LogP contribution is -2.62. The van der Waals surface area contributed by atoms with Gasteiger partial charge in [0.05, 0.1) is 12.7 Å². The van der Waals surface area contributed by atoms with Crippen molar-refractivity contribution in [1.29, 1.82) is 0 Å². The molecular formula is C22H31NO3. The number of hydrogen-bond donors (Lipinski definition) is 1. The van der Waals surface area contributed by atoms with Crippen molar-refractivity contribution in [2.45, 2.75) is 63.9 Å². The Morgan fingerprint density at radius 2 is 1.88 bits per heavy atom. The molecule has 1 aromatic carbocycles. The average molecular weight is 357 g/mol. The minimum Gasteiger partial charge on any atom is -0.496 e. The zero-order valence-corrected chi connectivity index (χ0v) is 16.3. The lowest BCUT2D eigenvalue weighted by atomic mass is 9.63. The summed E-state index contributed by atoms with van der Waals surface area (Å²) in [5.41, 5.74) is 2.39. The van der Waals surface area contributed by atoms with Crippen LogP contribution in [0.4, 0.5) is 0 Å². The van der Waals surface area contributed by atoms with Crippen LogP contribution in [0.2, 0.25) is 0 Å². The minimum atomic E-state index is -0.614. The summed E-state index contributed by atoms with van der Waals surface area (Å²) in [6, 6.07) is 6.58. The molecule has 1 amide bonds. The van der Waals surface area contributed by atoms with Gasteiger partial charge in [0.25, 0.3) is 0 Å². The quantitative estimate of drug-likeness (QED) is 0.898. The van der Waals surface area contributed by atoms with Gasteiger partial charge in [0.1, 0.15) is 5.75 Å². The van der Waals surface area contributed by atoms with Crippen LogP contribution in [-0.2, 0) is 4.79 Å². The van der Waals surface area contributed by atoms with Gasteiger partial charge in [-0.2, -0.15) is 0 Å². The highest BCUT2D eigenvalue weighted by atomic mass is 16.5. The van der Waals surface area contributed by atoms with E-state index in [0.29, 0.717) is 24.2 Å². The van der Waals surface area contributed by atoms with Gasteiger partial charge in [-0.3, -0.25) is 4.79 Å². The number of aryl methyl sites for hydroxylation is 1. The van der Waals surface area contributed by atoms with Crippen molar-refractivity contribution in [2.75, 3.05) is 20.2 Å². The predicted molar refractivity (Wildman–Crippen MR) is 101 cm³/mol. The van der Waals surface area contributed by atoms with E-state index in [1.807, 2.05) is 11.8 Å². The Labute approximate surface area is 156 Å². The van der Waals surface area contributed by atoms with Crippen molar-refractivity contribution < 1.29 is 14.6 Å². The summed E-state index contributed by atoms with van der Waals surface area (Å²) >= 11 is 0. The van der Waals surface area contributed by atoms with Gasteiger partial charge >= 0.3 is 0 Å². The molecule has 3 aliphatic rings. The number of carbonyl (C=O) groups excluding carboxylic acids is 1. The zero-order chi connectivity index (χ0) is 18.5. The van der Waals surface area contributed by atoms with Crippen molar-refractivity contribution in [3.05, 3.63) is 29.3 Å². The first kappa shape index (κ1) is 17.8. The molecule has 1 saturated heterocycles. The fourth-order valence-corrected chi connectivity index (χ4v) is 5.39. The van der Waals surface area contributed by atoms with Crippen LogP contribution in [0.25, 0.3) is 0 Å². The van der Waals surface area contributed by atoms with Crippen LogP contribution in [0.3, 0.4) is 0 Å². The summed E-state index contributed by atoms with van der Waals surface area (Å²) in [6.45, 7) is 5.80. The van der Waals surface area contributed by atoms with E-state index >= 15 is 0 Å². The third kappa shape index (κ3) is 3.13. The van der Waals surface area contributed by atoms with Crippen LogP contribution < -0.4 is 4.74 Å².